The maximum Gasteiger partial charge on any atom is 0.208 e. The number of hydrogen-bond donors (Lipinski definition) is 1. The second kappa shape index (κ2) is 9.11. The summed E-state index contributed by atoms with van der Waals surface area (Å²) in [6.45, 7) is 6.03. The average molecular weight is 475 g/mol. The fourth-order valence-electron chi connectivity index (χ4n) is 4.08. The summed E-state index contributed by atoms with van der Waals surface area (Å²) < 4.78 is 31.5. The Hall–Kier alpha value is -2.59. The van der Waals surface area contributed by atoms with Crippen molar-refractivity contribution in [1.29, 1.82) is 0 Å². The van der Waals surface area contributed by atoms with Gasteiger partial charge in [0, 0.05) is 23.0 Å². The summed E-state index contributed by atoms with van der Waals surface area (Å²) in [7, 11) is -3.00. The highest BCUT2D eigenvalue weighted by atomic mass is 32.2. The van der Waals surface area contributed by atoms with Crippen LogP contribution in [-0.4, -0.2) is 51.2 Å². The molecule has 2 aromatic heterocycles. The molecule has 0 radical (unpaired) electrons. The van der Waals surface area contributed by atoms with Crippen molar-refractivity contribution in [3.63, 3.8) is 0 Å². The minimum atomic E-state index is -3.00. The Morgan fingerprint density at radius 1 is 1.28 bits per heavy atom. The molecule has 1 unspecified atom stereocenters. The van der Waals surface area contributed by atoms with Crippen molar-refractivity contribution in [2.24, 2.45) is 0 Å². The summed E-state index contributed by atoms with van der Waals surface area (Å²) in [6, 6.07) is 9.50. The number of aromatic amines is 1. The fraction of sp³-hybridized carbons (Fsp3) is 0.409. The van der Waals surface area contributed by atoms with Crippen LogP contribution >= 0.6 is 11.8 Å². The molecule has 170 valence electrons. The molecule has 32 heavy (non-hydrogen) atoms. The largest absolute Gasteiger partial charge is 0.485 e. The number of carbonyl (C=O) groups is 1. The number of thioether (sulfide) groups is 1. The van der Waals surface area contributed by atoms with E-state index in [1.807, 2.05) is 55.7 Å². The highest BCUT2D eigenvalue weighted by Gasteiger charge is 2.31. The maximum absolute atomic E-state index is 12.9. The first-order chi connectivity index (χ1) is 15.2. The van der Waals surface area contributed by atoms with E-state index in [1.54, 1.807) is 0 Å². The topological polar surface area (TPSA) is 107 Å². The maximum atomic E-state index is 12.9. The highest BCUT2D eigenvalue weighted by Crippen LogP contribution is 2.30. The van der Waals surface area contributed by atoms with Crippen LogP contribution in [0.2, 0.25) is 0 Å². The SMILES string of the molecule is Cc1ccccc1OCc1nc(SCC(=O)c2cc(C)n(C3CCS(=O)(=O)C3)c2C)n[nH]1. The Morgan fingerprint density at radius 2 is 2.06 bits per heavy atom. The molecule has 0 spiro atoms. The van der Waals surface area contributed by atoms with E-state index in [2.05, 4.69) is 15.2 Å². The van der Waals surface area contributed by atoms with E-state index in [-0.39, 0.29) is 35.7 Å². The molecule has 8 nitrogen and oxygen atoms in total. The number of benzene rings is 1. The summed E-state index contributed by atoms with van der Waals surface area (Å²) in [4.78, 5) is 17.3. The Labute approximate surface area is 191 Å². The van der Waals surface area contributed by atoms with E-state index in [9.17, 15) is 13.2 Å². The molecule has 0 amide bonds. The molecule has 1 aliphatic heterocycles. The number of ketones is 1. The van der Waals surface area contributed by atoms with Crippen molar-refractivity contribution < 1.29 is 17.9 Å². The fourth-order valence-corrected chi connectivity index (χ4v) is 6.48. The van der Waals surface area contributed by atoms with Gasteiger partial charge in [-0.3, -0.25) is 9.89 Å². The van der Waals surface area contributed by atoms with Gasteiger partial charge in [-0.25, -0.2) is 13.4 Å². The molecule has 0 aliphatic carbocycles. The molecule has 1 aliphatic rings. The zero-order valence-electron chi connectivity index (χ0n) is 18.3. The van der Waals surface area contributed by atoms with Crippen LogP contribution in [0.15, 0.2) is 35.5 Å². The van der Waals surface area contributed by atoms with Crippen LogP contribution in [0.4, 0.5) is 0 Å². The number of ether oxygens (including phenoxy) is 1. The summed E-state index contributed by atoms with van der Waals surface area (Å²) in [5, 5.41) is 7.50. The Kier molecular flexibility index (Phi) is 6.43. The van der Waals surface area contributed by atoms with Gasteiger partial charge in [0.25, 0.3) is 0 Å². The van der Waals surface area contributed by atoms with Gasteiger partial charge >= 0.3 is 0 Å². The Bertz CT molecular complexity index is 1250. The first kappa shape index (κ1) is 22.6. The third-order valence-electron chi connectivity index (χ3n) is 5.66. The molecule has 10 heteroatoms. The second-order valence-corrected chi connectivity index (χ2v) is 11.2. The van der Waals surface area contributed by atoms with Crippen LogP contribution in [0, 0.1) is 20.8 Å². The van der Waals surface area contributed by atoms with Gasteiger partial charge in [0.15, 0.2) is 21.4 Å². The second-order valence-electron chi connectivity index (χ2n) is 8.04. The molecule has 1 fully saturated rings. The Balaban J connectivity index is 1.36. The lowest BCUT2D eigenvalue weighted by atomic mass is 10.2. The van der Waals surface area contributed by atoms with Crippen LogP contribution in [0.5, 0.6) is 5.75 Å². The van der Waals surface area contributed by atoms with Crippen LogP contribution in [0.25, 0.3) is 0 Å². The number of aryl methyl sites for hydroxylation is 2. The van der Waals surface area contributed by atoms with E-state index in [4.69, 9.17) is 4.74 Å². The number of nitrogens with zero attached hydrogens (tertiary/aromatic N) is 3. The van der Waals surface area contributed by atoms with Crippen molar-refractivity contribution in [3.05, 3.63) is 58.7 Å². The van der Waals surface area contributed by atoms with E-state index in [0.29, 0.717) is 23.0 Å². The number of carbonyl (C=O) groups excluding carboxylic acids is 1. The first-order valence-electron chi connectivity index (χ1n) is 10.4. The predicted octanol–water partition coefficient (Wildman–Crippen LogP) is 3.45. The van der Waals surface area contributed by atoms with E-state index >= 15 is 0 Å². The molecule has 3 heterocycles. The summed E-state index contributed by atoms with van der Waals surface area (Å²) in [5.74, 6) is 1.88. The molecule has 1 aromatic carbocycles. The number of Topliss-reactive ketones (excluding diaryl/α,β-unsaturated/α-hetero) is 1. The average Bonchev–Trinajstić information content (AvgIpc) is 3.43. The molecule has 3 aromatic rings. The number of rotatable bonds is 8. The van der Waals surface area contributed by atoms with Crippen molar-refractivity contribution >= 4 is 27.4 Å². The summed E-state index contributed by atoms with van der Waals surface area (Å²) >= 11 is 1.26. The quantitative estimate of drug-likeness (QED) is 0.394. The van der Waals surface area contributed by atoms with E-state index in [0.717, 1.165) is 22.7 Å². The van der Waals surface area contributed by atoms with Crippen molar-refractivity contribution in [1.82, 2.24) is 19.7 Å². The third-order valence-corrected chi connectivity index (χ3v) is 8.26. The molecular weight excluding hydrogens is 448 g/mol. The van der Waals surface area contributed by atoms with Gasteiger partial charge in [0.05, 0.1) is 17.3 Å². The minimum Gasteiger partial charge on any atom is -0.485 e. The normalized spacial score (nSPS) is 17.5. The number of hydrogen-bond acceptors (Lipinski definition) is 7. The Morgan fingerprint density at radius 3 is 2.78 bits per heavy atom. The van der Waals surface area contributed by atoms with Gasteiger partial charge in [0.2, 0.25) is 5.16 Å². The van der Waals surface area contributed by atoms with Gasteiger partial charge in [-0.1, -0.05) is 30.0 Å². The monoisotopic (exact) mass is 474 g/mol. The van der Waals surface area contributed by atoms with Gasteiger partial charge in [-0.2, -0.15) is 0 Å². The molecule has 1 saturated heterocycles. The van der Waals surface area contributed by atoms with Crippen LogP contribution in [0.3, 0.4) is 0 Å². The van der Waals surface area contributed by atoms with Crippen molar-refractivity contribution in [3.8, 4) is 5.75 Å². The smallest absolute Gasteiger partial charge is 0.208 e. The predicted molar refractivity (Wildman–Crippen MR) is 123 cm³/mol. The molecule has 0 bridgehead atoms. The lowest BCUT2D eigenvalue weighted by Crippen LogP contribution is -2.14. The van der Waals surface area contributed by atoms with E-state index < -0.39 is 9.84 Å². The van der Waals surface area contributed by atoms with Crippen LogP contribution < -0.4 is 4.74 Å². The van der Waals surface area contributed by atoms with Gasteiger partial charge in [-0.15, -0.1) is 5.10 Å². The zero-order chi connectivity index (χ0) is 22.9. The number of sulfone groups is 1. The minimum absolute atomic E-state index is 0.0299. The molecule has 1 atom stereocenters. The van der Waals surface area contributed by atoms with E-state index in [1.165, 1.54) is 11.8 Å². The van der Waals surface area contributed by atoms with Crippen LogP contribution in [0.1, 0.15) is 45.6 Å². The first-order valence-corrected chi connectivity index (χ1v) is 13.2. The van der Waals surface area contributed by atoms with Gasteiger partial charge < -0.3 is 9.30 Å². The summed E-state index contributed by atoms with van der Waals surface area (Å²) in [6.07, 6.45) is 0.589. The van der Waals surface area contributed by atoms with Gasteiger partial charge in [0.1, 0.15) is 12.4 Å². The van der Waals surface area contributed by atoms with Crippen LogP contribution in [-0.2, 0) is 16.4 Å². The number of para-hydroxylation sites is 1. The molecule has 4 rings (SSSR count). The standard InChI is InChI=1S/C22H26N4O4S2/c1-14-6-4-5-7-20(14)30-11-21-23-22(25-24-21)31-12-19(27)18-10-15(2)26(16(18)3)17-8-9-32(28,29)13-17/h4-7,10,17H,8-9,11-13H2,1-3H3,(H,23,24,25). The lowest BCUT2D eigenvalue weighted by Gasteiger charge is -2.16. The number of H-pyrrole nitrogens is 1. The molecule has 0 saturated carbocycles. The number of nitrogens with one attached hydrogen (secondary N) is 1. The lowest BCUT2D eigenvalue weighted by molar-refractivity contribution is 0.102. The summed E-state index contributed by atoms with van der Waals surface area (Å²) in [5.41, 5.74) is 3.39. The third kappa shape index (κ3) is 4.91. The van der Waals surface area contributed by atoms with Gasteiger partial charge in [-0.05, 0) is 44.9 Å². The molecular formula is C22H26N4O4S2. The highest BCUT2D eigenvalue weighted by molar-refractivity contribution is 7.99. The van der Waals surface area contributed by atoms with Crippen molar-refractivity contribution in [2.75, 3.05) is 17.3 Å². The molecule has 1 N–H and O–H groups in total. The zero-order valence-corrected chi connectivity index (χ0v) is 19.9. The van der Waals surface area contributed by atoms with Crippen molar-refractivity contribution in [2.45, 2.75) is 45.0 Å². The number of aromatic nitrogens is 4.